The fraction of sp³-hybridized carbons (Fsp3) is 0.500. The summed E-state index contributed by atoms with van der Waals surface area (Å²) in [5.74, 6) is 0.857. The van der Waals surface area contributed by atoms with E-state index in [1.807, 2.05) is 30.3 Å². The van der Waals surface area contributed by atoms with E-state index in [1.54, 1.807) is 0 Å². The van der Waals surface area contributed by atoms with E-state index in [4.69, 9.17) is 9.47 Å². The molecule has 2 rings (SSSR count). The number of para-hydroxylation sites is 1. The number of amides is 2. The van der Waals surface area contributed by atoms with Crippen molar-refractivity contribution >= 4 is 6.03 Å². The van der Waals surface area contributed by atoms with E-state index in [-0.39, 0.29) is 12.1 Å². The number of nitrogens with one attached hydrogen (secondary N) is 2. The SMILES string of the molecule is O=C(NCCCOc1ccccc1)NC1CCOC1. The van der Waals surface area contributed by atoms with Crippen LogP contribution in [-0.2, 0) is 4.74 Å². The number of carbonyl (C=O) groups excluding carboxylic acids is 1. The van der Waals surface area contributed by atoms with Gasteiger partial charge in [-0.15, -0.1) is 0 Å². The highest BCUT2D eigenvalue weighted by Gasteiger charge is 2.16. The Morgan fingerprint density at radius 3 is 2.95 bits per heavy atom. The molecule has 1 fully saturated rings. The van der Waals surface area contributed by atoms with Gasteiger partial charge in [-0.2, -0.15) is 0 Å². The van der Waals surface area contributed by atoms with Crippen LogP contribution in [0.4, 0.5) is 4.79 Å². The zero-order chi connectivity index (χ0) is 13.3. The first-order chi connectivity index (χ1) is 9.34. The van der Waals surface area contributed by atoms with Crippen molar-refractivity contribution in [3.05, 3.63) is 30.3 Å². The third kappa shape index (κ3) is 5.18. The normalized spacial score (nSPS) is 18.0. The maximum Gasteiger partial charge on any atom is 0.315 e. The first-order valence-corrected chi connectivity index (χ1v) is 6.64. The quantitative estimate of drug-likeness (QED) is 0.766. The fourth-order valence-electron chi connectivity index (χ4n) is 1.87. The van der Waals surface area contributed by atoms with E-state index in [9.17, 15) is 4.79 Å². The van der Waals surface area contributed by atoms with Crippen molar-refractivity contribution in [2.45, 2.75) is 18.9 Å². The molecular weight excluding hydrogens is 244 g/mol. The van der Waals surface area contributed by atoms with Gasteiger partial charge in [-0.05, 0) is 25.0 Å². The molecule has 1 unspecified atom stereocenters. The van der Waals surface area contributed by atoms with Crippen LogP contribution in [0.3, 0.4) is 0 Å². The number of ether oxygens (including phenoxy) is 2. The predicted octanol–water partition coefficient (Wildman–Crippen LogP) is 1.54. The maximum atomic E-state index is 11.5. The second-order valence-electron chi connectivity index (χ2n) is 4.48. The van der Waals surface area contributed by atoms with Gasteiger partial charge in [0.15, 0.2) is 0 Å². The predicted molar refractivity (Wildman–Crippen MR) is 72.3 cm³/mol. The third-order valence-electron chi connectivity index (χ3n) is 2.88. The van der Waals surface area contributed by atoms with E-state index in [2.05, 4.69) is 10.6 Å². The summed E-state index contributed by atoms with van der Waals surface area (Å²) in [5, 5.41) is 5.68. The highest BCUT2D eigenvalue weighted by atomic mass is 16.5. The largest absolute Gasteiger partial charge is 0.494 e. The maximum absolute atomic E-state index is 11.5. The van der Waals surface area contributed by atoms with Crippen LogP contribution < -0.4 is 15.4 Å². The highest BCUT2D eigenvalue weighted by molar-refractivity contribution is 5.74. The molecule has 0 spiro atoms. The number of rotatable bonds is 6. The molecule has 1 aromatic carbocycles. The molecule has 104 valence electrons. The van der Waals surface area contributed by atoms with Crippen molar-refractivity contribution in [1.29, 1.82) is 0 Å². The van der Waals surface area contributed by atoms with Crippen LogP contribution in [0.1, 0.15) is 12.8 Å². The summed E-state index contributed by atoms with van der Waals surface area (Å²) in [4.78, 5) is 11.5. The van der Waals surface area contributed by atoms with E-state index in [0.29, 0.717) is 19.8 Å². The van der Waals surface area contributed by atoms with Crippen LogP contribution in [0.15, 0.2) is 30.3 Å². The lowest BCUT2D eigenvalue weighted by Gasteiger charge is -2.12. The molecule has 19 heavy (non-hydrogen) atoms. The molecule has 1 saturated heterocycles. The number of urea groups is 1. The van der Waals surface area contributed by atoms with Gasteiger partial charge in [0.05, 0.1) is 19.3 Å². The summed E-state index contributed by atoms with van der Waals surface area (Å²) in [5.41, 5.74) is 0. The van der Waals surface area contributed by atoms with Gasteiger partial charge in [0.25, 0.3) is 0 Å². The zero-order valence-corrected chi connectivity index (χ0v) is 10.9. The Balaban J connectivity index is 1.50. The molecule has 0 bridgehead atoms. The van der Waals surface area contributed by atoms with Crippen molar-refractivity contribution in [1.82, 2.24) is 10.6 Å². The number of carbonyl (C=O) groups is 1. The second-order valence-corrected chi connectivity index (χ2v) is 4.48. The summed E-state index contributed by atoms with van der Waals surface area (Å²) >= 11 is 0. The van der Waals surface area contributed by atoms with Crippen LogP contribution in [0.2, 0.25) is 0 Å². The summed E-state index contributed by atoms with van der Waals surface area (Å²) in [6.07, 6.45) is 1.67. The van der Waals surface area contributed by atoms with Crippen LogP contribution in [0.25, 0.3) is 0 Å². The van der Waals surface area contributed by atoms with Gasteiger partial charge in [0.2, 0.25) is 0 Å². The molecule has 0 radical (unpaired) electrons. The summed E-state index contributed by atoms with van der Waals surface area (Å²) < 4.78 is 10.7. The molecule has 0 aliphatic carbocycles. The van der Waals surface area contributed by atoms with Crippen LogP contribution in [0, 0.1) is 0 Å². The van der Waals surface area contributed by atoms with Gasteiger partial charge in [-0.3, -0.25) is 0 Å². The summed E-state index contributed by atoms with van der Waals surface area (Å²) in [7, 11) is 0. The Kier molecular flexibility index (Phi) is 5.49. The fourth-order valence-corrected chi connectivity index (χ4v) is 1.87. The highest BCUT2D eigenvalue weighted by Crippen LogP contribution is 2.08. The Labute approximate surface area is 113 Å². The molecule has 5 nitrogen and oxygen atoms in total. The van der Waals surface area contributed by atoms with Gasteiger partial charge in [0, 0.05) is 13.2 Å². The van der Waals surface area contributed by atoms with Crippen molar-refractivity contribution in [3.8, 4) is 5.75 Å². The summed E-state index contributed by atoms with van der Waals surface area (Å²) in [6, 6.07) is 9.68. The van der Waals surface area contributed by atoms with Gasteiger partial charge in [-0.25, -0.2) is 4.79 Å². The minimum atomic E-state index is -0.129. The first-order valence-electron chi connectivity index (χ1n) is 6.64. The van der Waals surface area contributed by atoms with Crippen molar-refractivity contribution in [3.63, 3.8) is 0 Å². The molecule has 2 N–H and O–H groups in total. The van der Waals surface area contributed by atoms with Gasteiger partial charge in [-0.1, -0.05) is 18.2 Å². The summed E-state index contributed by atoms with van der Waals surface area (Å²) in [6.45, 7) is 2.55. The molecule has 1 atom stereocenters. The monoisotopic (exact) mass is 264 g/mol. The molecular formula is C14H20N2O3. The first kappa shape index (κ1) is 13.7. The van der Waals surface area contributed by atoms with Crippen LogP contribution >= 0.6 is 0 Å². The van der Waals surface area contributed by atoms with Crippen LogP contribution in [0.5, 0.6) is 5.75 Å². The zero-order valence-electron chi connectivity index (χ0n) is 10.9. The van der Waals surface area contributed by atoms with E-state index < -0.39 is 0 Å². The molecule has 1 aliphatic heterocycles. The van der Waals surface area contributed by atoms with E-state index in [1.165, 1.54) is 0 Å². The molecule has 0 aromatic heterocycles. The Bertz CT molecular complexity index is 378. The smallest absolute Gasteiger partial charge is 0.315 e. The van der Waals surface area contributed by atoms with Crippen LogP contribution in [-0.4, -0.2) is 38.4 Å². The Morgan fingerprint density at radius 1 is 1.37 bits per heavy atom. The molecule has 1 aliphatic rings. The number of hydrogen-bond acceptors (Lipinski definition) is 3. The Hall–Kier alpha value is -1.75. The lowest BCUT2D eigenvalue weighted by molar-refractivity contribution is 0.188. The van der Waals surface area contributed by atoms with Crippen molar-refractivity contribution in [2.24, 2.45) is 0 Å². The molecule has 1 aromatic rings. The van der Waals surface area contributed by atoms with Gasteiger partial charge >= 0.3 is 6.03 Å². The Morgan fingerprint density at radius 2 is 2.21 bits per heavy atom. The third-order valence-corrected chi connectivity index (χ3v) is 2.88. The minimum Gasteiger partial charge on any atom is -0.494 e. The molecule has 0 saturated carbocycles. The lowest BCUT2D eigenvalue weighted by atomic mass is 10.3. The van der Waals surface area contributed by atoms with Gasteiger partial charge in [0.1, 0.15) is 5.75 Å². The van der Waals surface area contributed by atoms with Crippen molar-refractivity contribution in [2.75, 3.05) is 26.4 Å². The molecule has 2 amide bonds. The second kappa shape index (κ2) is 7.63. The average molecular weight is 264 g/mol. The standard InChI is InChI=1S/C14H20N2O3/c17-14(16-12-7-10-18-11-12)15-8-4-9-19-13-5-2-1-3-6-13/h1-3,5-6,12H,4,7-11H2,(H2,15,16,17). The van der Waals surface area contributed by atoms with Gasteiger partial charge < -0.3 is 20.1 Å². The topological polar surface area (TPSA) is 59.6 Å². The number of hydrogen-bond donors (Lipinski definition) is 2. The number of benzene rings is 1. The minimum absolute atomic E-state index is 0.129. The molecule has 1 heterocycles. The van der Waals surface area contributed by atoms with E-state index in [0.717, 1.165) is 25.2 Å². The van der Waals surface area contributed by atoms with Crippen molar-refractivity contribution < 1.29 is 14.3 Å². The lowest BCUT2D eigenvalue weighted by Crippen LogP contribution is -2.42. The van der Waals surface area contributed by atoms with E-state index >= 15 is 0 Å². The molecule has 5 heteroatoms. The average Bonchev–Trinajstić information content (AvgIpc) is 2.92.